The molecule has 3 rings (SSSR count). The minimum atomic E-state index is -3.86. The van der Waals surface area contributed by atoms with E-state index in [0.717, 1.165) is 6.26 Å². The van der Waals surface area contributed by atoms with E-state index in [1.165, 1.54) is 29.3 Å². The number of benzene rings is 1. The Hall–Kier alpha value is -2.13. The average molecular weight is 396 g/mol. The number of hydrogen-bond donors (Lipinski definition) is 2. The normalized spacial score (nSPS) is 27.0. The molecule has 0 radical (unpaired) electrons. The Labute approximate surface area is 158 Å². The highest BCUT2D eigenvalue weighted by molar-refractivity contribution is 7.92. The fourth-order valence-electron chi connectivity index (χ4n) is 3.49. The maximum absolute atomic E-state index is 12.2. The van der Waals surface area contributed by atoms with Gasteiger partial charge in [0.15, 0.2) is 14.6 Å². The largest absolute Gasteiger partial charge is 0.444 e. The topological polar surface area (TPSA) is 113 Å². The summed E-state index contributed by atoms with van der Waals surface area (Å²) in [5.74, 6) is 0.204. The molecule has 0 aromatic heterocycles. The number of carbonyl (C=O) groups excluding carboxylic acids is 2. The molecule has 0 spiro atoms. The van der Waals surface area contributed by atoms with E-state index in [4.69, 9.17) is 9.94 Å². The minimum absolute atomic E-state index is 0.127. The Kier molecular flexibility index (Phi) is 4.94. The molecule has 0 bridgehead atoms. The number of anilines is 1. The third kappa shape index (κ3) is 3.66. The van der Waals surface area contributed by atoms with Crippen LogP contribution in [0.2, 0.25) is 0 Å². The van der Waals surface area contributed by atoms with Crippen molar-refractivity contribution < 1.29 is 28.0 Å². The van der Waals surface area contributed by atoms with Crippen molar-refractivity contribution in [1.82, 2.24) is 5.48 Å². The van der Waals surface area contributed by atoms with Gasteiger partial charge >= 0.3 is 6.09 Å². The quantitative estimate of drug-likeness (QED) is 0.560. The second-order valence-corrected chi connectivity index (χ2v) is 10.1. The monoisotopic (exact) mass is 396 g/mol. The predicted octanol–water partition coefficient (Wildman–Crippen LogP) is 1.83. The van der Waals surface area contributed by atoms with Gasteiger partial charge in [0, 0.05) is 18.4 Å². The zero-order chi connectivity index (χ0) is 20.0. The number of hydrogen-bond acceptors (Lipinski definition) is 6. The van der Waals surface area contributed by atoms with Crippen LogP contribution in [0.25, 0.3) is 0 Å². The predicted molar refractivity (Wildman–Crippen MR) is 98.4 cm³/mol. The van der Waals surface area contributed by atoms with Gasteiger partial charge in [0.2, 0.25) is 0 Å². The van der Waals surface area contributed by atoms with Crippen LogP contribution in [-0.4, -0.2) is 49.3 Å². The molecule has 1 saturated heterocycles. The molecule has 148 valence electrons. The standard InChI is InChI=1S/C18H24N2O6S/c1-11-8-15(11)12-4-6-13(7-5-12)20-10-14(26-17(20)22)9-18(2,16(21)19-23)27(3,24)25/h4-7,11,14-15,23H,8-10H2,1-3H3,(H,19,21)/t11?,14-,15?,18+/m0/s1. The Morgan fingerprint density at radius 2 is 1.96 bits per heavy atom. The lowest BCUT2D eigenvalue weighted by Gasteiger charge is -2.26. The molecule has 1 aromatic rings. The Morgan fingerprint density at radius 1 is 1.37 bits per heavy atom. The van der Waals surface area contributed by atoms with Crippen LogP contribution in [0.15, 0.2) is 24.3 Å². The Bertz CT molecular complexity index is 853. The summed E-state index contributed by atoms with van der Waals surface area (Å²) in [4.78, 5) is 25.6. The van der Waals surface area contributed by atoms with Crippen LogP contribution in [0.5, 0.6) is 0 Å². The van der Waals surface area contributed by atoms with Crippen LogP contribution < -0.4 is 10.4 Å². The number of cyclic esters (lactones) is 1. The maximum Gasteiger partial charge on any atom is 0.414 e. The molecule has 2 amide bonds. The summed E-state index contributed by atoms with van der Waals surface area (Å²) in [7, 11) is -3.86. The summed E-state index contributed by atoms with van der Waals surface area (Å²) in [5.41, 5.74) is 3.29. The fourth-order valence-corrected chi connectivity index (χ4v) is 4.36. The van der Waals surface area contributed by atoms with Gasteiger partial charge in [-0.1, -0.05) is 19.1 Å². The highest BCUT2D eigenvalue weighted by atomic mass is 32.2. The fraction of sp³-hybridized carbons (Fsp3) is 0.556. The van der Waals surface area contributed by atoms with Crippen molar-refractivity contribution in [2.45, 2.75) is 43.5 Å². The lowest BCUT2D eigenvalue weighted by Crippen LogP contribution is -2.51. The van der Waals surface area contributed by atoms with E-state index in [0.29, 0.717) is 17.5 Å². The van der Waals surface area contributed by atoms with Crippen molar-refractivity contribution in [1.29, 1.82) is 0 Å². The number of nitrogens with zero attached hydrogens (tertiary/aromatic N) is 1. The van der Waals surface area contributed by atoms with E-state index in [-0.39, 0.29) is 13.0 Å². The molecule has 1 aliphatic carbocycles. The van der Waals surface area contributed by atoms with Crippen molar-refractivity contribution in [2.75, 3.05) is 17.7 Å². The van der Waals surface area contributed by atoms with Crippen LogP contribution in [0.3, 0.4) is 0 Å². The molecular weight excluding hydrogens is 372 g/mol. The van der Waals surface area contributed by atoms with Gasteiger partial charge in [-0.05, 0) is 42.9 Å². The first-order valence-corrected chi connectivity index (χ1v) is 10.7. The number of carbonyl (C=O) groups is 2. The number of ether oxygens (including phenoxy) is 1. The van der Waals surface area contributed by atoms with E-state index in [9.17, 15) is 18.0 Å². The summed E-state index contributed by atoms with van der Waals surface area (Å²) in [6, 6.07) is 7.67. The molecule has 1 saturated carbocycles. The number of sulfone groups is 1. The van der Waals surface area contributed by atoms with Crippen LogP contribution in [0, 0.1) is 5.92 Å². The van der Waals surface area contributed by atoms with Crippen molar-refractivity contribution >= 4 is 27.5 Å². The van der Waals surface area contributed by atoms with E-state index >= 15 is 0 Å². The van der Waals surface area contributed by atoms with Gasteiger partial charge in [-0.25, -0.2) is 18.7 Å². The Balaban J connectivity index is 1.74. The molecule has 27 heavy (non-hydrogen) atoms. The molecule has 1 aromatic carbocycles. The molecule has 2 N–H and O–H groups in total. The molecular formula is C18H24N2O6S. The van der Waals surface area contributed by atoms with E-state index < -0.39 is 32.7 Å². The third-order valence-electron chi connectivity index (χ3n) is 5.63. The van der Waals surface area contributed by atoms with Crippen LogP contribution in [-0.2, 0) is 19.4 Å². The van der Waals surface area contributed by atoms with Crippen LogP contribution >= 0.6 is 0 Å². The van der Waals surface area contributed by atoms with E-state index in [2.05, 4.69) is 6.92 Å². The first-order valence-electron chi connectivity index (χ1n) is 8.79. The molecule has 8 nitrogen and oxygen atoms in total. The number of amides is 2. The highest BCUT2D eigenvalue weighted by Gasteiger charge is 2.48. The zero-order valence-corrected chi connectivity index (χ0v) is 16.3. The molecule has 1 heterocycles. The van der Waals surface area contributed by atoms with Gasteiger partial charge in [-0.15, -0.1) is 0 Å². The first kappa shape index (κ1) is 19.6. The lowest BCUT2D eigenvalue weighted by molar-refractivity contribution is -0.132. The maximum atomic E-state index is 12.2. The van der Waals surface area contributed by atoms with Crippen molar-refractivity contribution in [2.24, 2.45) is 5.92 Å². The summed E-state index contributed by atoms with van der Waals surface area (Å²) in [6.45, 7) is 3.53. The summed E-state index contributed by atoms with van der Waals surface area (Å²) < 4.78 is 27.5. The van der Waals surface area contributed by atoms with E-state index in [1.807, 2.05) is 24.3 Å². The minimum Gasteiger partial charge on any atom is -0.444 e. The van der Waals surface area contributed by atoms with Crippen molar-refractivity contribution in [3.8, 4) is 0 Å². The molecule has 2 unspecified atom stereocenters. The van der Waals surface area contributed by atoms with Crippen LogP contribution in [0.1, 0.15) is 38.2 Å². The van der Waals surface area contributed by atoms with Gasteiger partial charge in [0.1, 0.15) is 6.10 Å². The highest BCUT2D eigenvalue weighted by Crippen LogP contribution is 2.47. The number of rotatable bonds is 6. The van der Waals surface area contributed by atoms with Crippen molar-refractivity contribution in [3.05, 3.63) is 29.8 Å². The third-order valence-corrected chi connectivity index (χ3v) is 7.62. The molecule has 1 aliphatic heterocycles. The van der Waals surface area contributed by atoms with Gasteiger partial charge in [-0.2, -0.15) is 0 Å². The van der Waals surface area contributed by atoms with E-state index in [1.54, 1.807) is 0 Å². The molecule has 2 aliphatic rings. The molecule has 4 atom stereocenters. The van der Waals surface area contributed by atoms with Gasteiger partial charge < -0.3 is 4.74 Å². The smallest absolute Gasteiger partial charge is 0.414 e. The summed E-state index contributed by atoms with van der Waals surface area (Å²) in [5, 5.41) is 8.90. The summed E-state index contributed by atoms with van der Waals surface area (Å²) >= 11 is 0. The van der Waals surface area contributed by atoms with Gasteiger partial charge in [0.05, 0.1) is 6.54 Å². The van der Waals surface area contributed by atoms with Crippen LogP contribution in [0.4, 0.5) is 10.5 Å². The van der Waals surface area contributed by atoms with Gasteiger partial charge in [-0.3, -0.25) is 14.9 Å². The SMILES string of the molecule is CC1CC1c1ccc(N2C[C@H](C[C@](C)(C(=O)NO)S(C)(=O)=O)OC2=O)cc1. The Morgan fingerprint density at radius 3 is 2.44 bits per heavy atom. The average Bonchev–Trinajstić information content (AvgIpc) is 3.23. The second-order valence-electron chi connectivity index (χ2n) is 7.68. The van der Waals surface area contributed by atoms with Gasteiger partial charge in [0.25, 0.3) is 5.91 Å². The number of hydroxylamine groups is 1. The second kappa shape index (κ2) is 6.79. The number of nitrogens with one attached hydrogen (secondary N) is 1. The molecule has 2 fully saturated rings. The van der Waals surface area contributed by atoms with Crippen molar-refractivity contribution in [3.63, 3.8) is 0 Å². The lowest BCUT2D eigenvalue weighted by atomic mass is 10.0. The first-order chi connectivity index (χ1) is 12.6. The molecule has 9 heteroatoms. The zero-order valence-electron chi connectivity index (χ0n) is 15.5. The summed E-state index contributed by atoms with van der Waals surface area (Å²) in [6.07, 6.45) is 0.446.